The summed E-state index contributed by atoms with van der Waals surface area (Å²) in [4.78, 5) is 7.39. The molecule has 0 unspecified atom stereocenters. The van der Waals surface area contributed by atoms with Crippen LogP contribution in [-0.4, -0.2) is 28.8 Å². The van der Waals surface area contributed by atoms with Crippen LogP contribution in [0.1, 0.15) is 35.6 Å². The molecule has 0 saturated carbocycles. The van der Waals surface area contributed by atoms with E-state index in [2.05, 4.69) is 59.8 Å². The van der Waals surface area contributed by atoms with E-state index in [-0.39, 0.29) is 24.0 Å². The van der Waals surface area contributed by atoms with E-state index < -0.39 is 0 Å². The van der Waals surface area contributed by atoms with Gasteiger partial charge in [0.15, 0.2) is 5.96 Å². The first-order valence-corrected chi connectivity index (χ1v) is 9.11. The van der Waals surface area contributed by atoms with Crippen molar-refractivity contribution in [2.75, 3.05) is 13.1 Å². The molecule has 0 radical (unpaired) electrons. The topological polar surface area (TPSA) is 54.2 Å². The van der Waals surface area contributed by atoms with Gasteiger partial charge >= 0.3 is 0 Å². The van der Waals surface area contributed by atoms with E-state index in [1.807, 2.05) is 22.2 Å². The van der Waals surface area contributed by atoms with Gasteiger partial charge in [-0.05, 0) is 44.4 Å². The van der Waals surface area contributed by atoms with Crippen molar-refractivity contribution >= 4 is 41.3 Å². The highest BCUT2D eigenvalue weighted by Gasteiger charge is 2.01. The number of rotatable bonds is 8. The van der Waals surface area contributed by atoms with Crippen molar-refractivity contribution in [3.63, 3.8) is 0 Å². The fraction of sp³-hybridized carbons (Fsp3) is 0.529. The molecule has 0 amide bonds. The summed E-state index contributed by atoms with van der Waals surface area (Å²) in [7, 11) is 0. The van der Waals surface area contributed by atoms with Gasteiger partial charge in [-0.1, -0.05) is 6.92 Å². The minimum Gasteiger partial charge on any atom is -0.357 e. The van der Waals surface area contributed by atoms with Gasteiger partial charge in [-0.15, -0.1) is 35.3 Å². The SMILES string of the molecule is CCNC(=NCc1ccc(CC)s1)NCCCn1cc(C)cn1.I. The predicted octanol–water partition coefficient (Wildman–Crippen LogP) is 3.58. The van der Waals surface area contributed by atoms with Gasteiger partial charge in [0.1, 0.15) is 0 Å². The second kappa shape index (κ2) is 11.5. The molecule has 0 aliphatic carbocycles. The Kier molecular flexibility index (Phi) is 10.0. The predicted molar refractivity (Wildman–Crippen MR) is 114 cm³/mol. The molecule has 0 fully saturated rings. The third-order valence-electron chi connectivity index (χ3n) is 3.42. The highest BCUT2D eigenvalue weighted by atomic mass is 127. The smallest absolute Gasteiger partial charge is 0.191 e. The molecule has 134 valence electrons. The fourth-order valence-electron chi connectivity index (χ4n) is 2.23. The average molecular weight is 461 g/mol. The summed E-state index contributed by atoms with van der Waals surface area (Å²) in [5.74, 6) is 0.885. The summed E-state index contributed by atoms with van der Waals surface area (Å²) in [5.41, 5.74) is 1.20. The molecule has 2 heterocycles. The van der Waals surface area contributed by atoms with E-state index in [1.165, 1.54) is 15.3 Å². The standard InChI is InChI=1S/C17H27N5S.HI/c1-4-15-7-8-16(23-15)12-20-17(18-5-2)19-9-6-10-22-13-14(3)11-21-22;/h7-8,11,13H,4-6,9-10,12H2,1-3H3,(H2,18,19,20);1H. The first-order valence-electron chi connectivity index (χ1n) is 8.30. The zero-order chi connectivity index (χ0) is 16.5. The molecule has 24 heavy (non-hydrogen) atoms. The number of hydrogen-bond donors (Lipinski definition) is 2. The maximum atomic E-state index is 4.66. The van der Waals surface area contributed by atoms with Gasteiger partial charge in [0.2, 0.25) is 0 Å². The van der Waals surface area contributed by atoms with E-state index in [4.69, 9.17) is 0 Å². The van der Waals surface area contributed by atoms with Gasteiger partial charge < -0.3 is 10.6 Å². The molecule has 0 bridgehead atoms. The fourth-order valence-corrected chi connectivity index (χ4v) is 3.12. The van der Waals surface area contributed by atoms with Crippen molar-refractivity contribution in [1.29, 1.82) is 0 Å². The normalized spacial score (nSPS) is 11.2. The Hall–Kier alpha value is -1.09. The van der Waals surface area contributed by atoms with Gasteiger partial charge in [0.25, 0.3) is 0 Å². The molecular weight excluding hydrogens is 433 g/mol. The summed E-state index contributed by atoms with van der Waals surface area (Å²) in [6.45, 7) is 9.75. The Morgan fingerprint density at radius 3 is 2.67 bits per heavy atom. The lowest BCUT2D eigenvalue weighted by Gasteiger charge is -2.11. The van der Waals surface area contributed by atoms with E-state index in [0.717, 1.165) is 45.0 Å². The van der Waals surface area contributed by atoms with Crippen LogP contribution in [0.25, 0.3) is 0 Å². The first kappa shape index (κ1) is 21.0. The van der Waals surface area contributed by atoms with Crippen molar-refractivity contribution in [1.82, 2.24) is 20.4 Å². The second-order valence-electron chi connectivity index (χ2n) is 5.48. The molecule has 0 saturated heterocycles. The molecule has 5 nitrogen and oxygen atoms in total. The van der Waals surface area contributed by atoms with Crippen molar-refractivity contribution in [2.24, 2.45) is 4.99 Å². The van der Waals surface area contributed by atoms with E-state index in [1.54, 1.807) is 0 Å². The highest BCUT2D eigenvalue weighted by Crippen LogP contribution is 2.17. The second-order valence-corrected chi connectivity index (χ2v) is 6.73. The van der Waals surface area contributed by atoms with Crippen molar-refractivity contribution in [3.05, 3.63) is 39.8 Å². The summed E-state index contributed by atoms with van der Waals surface area (Å²) < 4.78 is 1.99. The lowest BCUT2D eigenvalue weighted by atomic mass is 10.4. The summed E-state index contributed by atoms with van der Waals surface area (Å²) in [6, 6.07) is 4.37. The van der Waals surface area contributed by atoms with Gasteiger partial charge in [-0.3, -0.25) is 4.68 Å². The van der Waals surface area contributed by atoms with E-state index in [9.17, 15) is 0 Å². The Bertz CT molecular complexity index is 620. The summed E-state index contributed by atoms with van der Waals surface area (Å²) in [6.07, 6.45) is 6.08. The number of hydrogen-bond acceptors (Lipinski definition) is 3. The Labute approximate surface area is 166 Å². The summed E-state index contributed by atoms with van der Waals surface area (Å²) in [5, 5.41) is 11.0. The molecule has 2 N–H and O–H groups in total. The number of aliphatic imine (C=N–C) groups is 1. The highest BCUT2D eigenvalue weighted by molar-refractivity contribution is 14.0. The molecule has 2 aromatic heterocycles. The van der Waals surface area contributed by atoms with Crippen LogP contribution >= 0.6 is 35.3 Å². The van der Waals surface area contributed by atoms with Crippen LogP contribution in [0, 0.1) is 6.92 Å². The van der Waals surface area contributed by atoms with Gasteiger partial charge in [-0.2, -0.15) is 5.10 Å². The third-order valence-corrected chi connectivity index (χ3v) is 4.64. The minimum atomic E-state index is 0. The molecular formula is C17H28IN5S. The summed E-state index contributed by atoms with van der Waals surface area (Å²) >= 11 is 1.85. The van der Waals surface area contributed by atoms with Crippen molar-refractivity contribution < 1.29 is 0 Å². The van der Waals surface area contributed by atoms with Crippen LogP contribution in [0.5, 0.6) is 0 Å². The van der Waals surface area contributed by atoms with E-state index >= 15 is 0 Å². The van der Waals surface area contributed by atoms with Crippen LogP contribution in [0.3, 0.4) is 0 Å². The minimum absolute atomic E-state index is 0. The number of thiophene rings is 1. The van der Waals surface area contributed by atoms with Crippen molar-refractivity contribution in [3.8, 4) is 0 Å². The molecule has 7 heteroatoms. The Balaban J connectivity index is 0.00000288. The molecule has 0 aliphatic rings. The zero-order valence-corrected chi connectivity index (χ0v) is 17.9. The largest absolute Gasteiger partial charge is 0.357 e. The zero-order valence-electron chi connectivity index (χ0n) is 14.7. The number of aromatic nitrogens is 2. The van der Waals surface area contributed by atoms with Crippen LogP contribution < -0.4 is 10.6 Å². The average Bonchev–Trinajstić information content (AvgIpc) is 3.17. The van der Waals surface area contributed by atoms with Gasteiger partial charge in [0.05, 0.1) is 12.7 Å². The van der Waals surface area contributed by atoms with Crippen LogP contribution in [0.15, 0.2) is 29.5 Å². The third kappa shape index (κ3) is 7.21. The molecule has 0 spiro atoms. The van der Waals surface area contributed by atoms with Crippen LogP contribution in [0.4, 0.5) is 0 Å². The number of guanidine groups is 1. The molecule has 0 aromatic carbocycles. The monoisotopic (exact) mass is 461 g/mol. The maximum Gasteiger partial charge on any atom is 0.191 e. The lowest BCUT2D eigenvalue weighted by Crippen LogP contribution is -2.38. The molecule has 0 aliphatic heterocycles. The number of nitrogens with one attached hydrogen (secondary N) is 2. The number of halogens is 1. The Morgan fingerprint density at radius 1 is 1.25 bits per heavy atom. The molecule has 0 atom stereocenters. The van der Waals surface area contributed by atoms with E-state index in [0.29, 0.717) is 0 Å². The first-order chi connectivity index (χ1) is 11.2. The lowest BCUT2D eigenvalue weighted by molar-refractivity contribution is 0.570. The van der Waals surface area contributed by atoms with Gasteiger partial charge in [-0.25, -0.2) is 4.99 Å². The van der Waals surface area contributed by atoms with Gasteiger partial charge in [0, 0.05) is 35.6 Å². The van der Waals surface area contributed by atoms with Crippen molar-refractivity contribution in [2.45, 2.75) is 46.7 Å². The Morgan fingerprint density at radius 2 is 2.04 bits per heavy atom. The molecule has 2 rings (SSSR count). The number of aryl methyl sites for hydroxylation is 3. The molecule has 2 aromatic rings. The maximum absolute atomic E-state index is 4.66. The quantitative estimate of drug-likeness (QED) is 0.274. The van der Waals surface area contributed by atoms with Crippen LogP contribution in [-0.2, 0) is 19.5 Å². The van der Waals surface area contributed by atoms with Crippen LogP contribution in [0.2, 0.25) is 0 Å². The number of nitrogens with zero attached hydrogens (tertiary/aromatic N) is 3.